The first kappa shape index (κ1) is 24.2. The van der Waals surface area contributed by atoms with Gasteiger partial charge in [0.05, 0.1) is 11.2 Å². The van der Waals surface area contributed by atoms with Crippen LogP contribution >= 0.6 is 0 Å². The first-order chi connectivity index (χ1) is 17.8. The number of anilines is 1. The minimum absolute atomic E-state index is 0.194. The Morgan fingerprint density at radius 1 is 0.946 bits per heavy atom. The largest absolute Gasteiger partial charge is 0.464 e. The van der Waals surface area contributed by atoms with Crippen LogP contribution < -0.4 is 4.90 Å². The zero-order chi connectivity index (χ0) is 25.7. The van der Waals surface area contributed by atoms with Crippen LogP contribution in [0.3, 0.4) is 0 Å². The second-order valence-corrected chi connectivity index (χ2v) is 12.0. The van der Waals surface area contributed by atoms with E-state index >= 15 is 0 Å². The third-order valence-electron chi connectivity index (χ3n) is 7.66. The smallest absolute Gasteiger partial charge is 0.256 e. The van der Waals surface area contributed by atoms with Crippen LogP contribution in [0.25, 0.3) is 11.0 Å². The molecule has 3 aliphatic rings. The molecule has 1 fully saturated rings. The van der Waals surface area contributed by atoms with Crippen LogP contribution in [0.1, 0.15) is 11.7 Å². The lowest BCUT2D eigenvalue weighted by Gasteiger charge is -2.34. The fraction of sp³-hybridized carbons (Fsp3) is 0.370. The molecule has 1 amide bonds. The van der Waals surface area contributed by atoms with E-state index in [0.717, 1.165) is 48.4 Å². The van der Waals surface area contributed by atoms with E-state index in [9.17, 15) is 18.3 Å². The molecule has 0 spiro atoms. The number of nitrogens with zero attached hydrogens (tertiary/aromatic N) is 4. The number of aliphatic hydroxyl groups excluding tert-OH is 1. The van der Waals surface area contributed by atoms with Crippen molar-refractivity contribution in [2.24, 2.45) is 0 Å². The number of hydrogen-bond acceptors (Lipinski definition) is 7. The van der Waals surface area contributed by atoms with Gasteiger partial charge in [0.2, 0.25) is 10.0 Å². The highest BCUT2D eigenvalue weighted by Gasteiger charge is 2.39. The van der Waals surface area contributed by atoms with Gasteiger partial charge in [0.25, 0.3) is 5.91 Å². The first-order valence-electron chi connectivity index (χ1n) is 12.5. The van der Waals surface area contributed by atoms with Crippen molar-refractivity contribution in [1.29, 1.82) is 0 Å². The molecule has 1 atom stereocenters. The number of furan rings is 1. The standard InChI is InChI=1S/C27H30N4O5S/c1-28-8-10-29(11-9-28)23-4-2-3-20(13-23)26(32)27(33)30-15-21-17-31(18-22(21)16-30)37(34,35)24-6-5-19-7-12-36-25(19)14-24/h2-7,12-14,26,32H,8-11,15-18H2,1H3/t26-/m0/s1. The molecule has 0 unspecified atom stereocenters. The van der Waals surface area contributed by atoms with Crippen LogP contribution in [-0.4, -0.2) is 92.9 Å². The van der Waals surface area contributed by atoms with Crippen LogP contribution in [-0.2, 0) is 14.8 Å². The van der Waals surface area contributed by atoms with Gasteiger partial charge >= 0.3 is 0 Å². The summed E-state index contributed by atoms with van der Waals surface area (Å²) >= 11 is 0. The summed E-state index contributed by atoms with van der Waals surface area (Å²) in [7, 11) is -1.59. The molecule has 3 aromatic rings. The Balaban J connectivity index is 1.10. The third-order valence-corrected chi connectivity index (χ3v) is 9.45. The van der Waals surface area contributed by atoms with E-state index in [0.29, 0.717) is 24.2 Å². The predicted molar refractivity (Wildman–Crippen MR) is 140 cm³/mol. The second kappa shape index (κ2) is 9.29. The van der Waals surface area contributed by atoms with E-state index in [2.05, 4.69) is 16.8 Å². The number of rotatable bonds is 5. The van der Waals surface area contributed by atoms with Crippen LogP contribution in [0.2, 0.25) is 0 Å². The van der Waals surface area contributed by atoms with Crippen molar-refractivity contribution in [2.75, 3.05) is 64.3 Å². The molecule has 1 aromatic heterocycles. The minimum Gasteiger partial charge on any atom is -0.464 e. The Bertz CT molecular complexity index is 1470. The van der Waals surface area contributed by atoms with Crippen molar-refractivity contribution < 1.29 is 22.7 Å². The number of likely N-dealkylation sites (N-methyl/N-ethyl adjacent to an activating group) is 1. The summed E-state index contributed by atoms with van der Waals surface area (Å²) in [5, 5.41) is 11.8. The van der Waals surface area contributed by atoms with E-state index in [4.69, 9.17) is 4.42 Å². The summed E-state index contributed by atoms with van der Waals surface area (Å²) in [6.45, 7) is 4.89. The summed E-state index contributed by atoms with van der Waals surface area (Å²) in [6, 6.07) is 14.2. The molecule has 9 nitrogen and oxygen atoms in total. The predicted octanol–water partition coefficient (Wildman–Crippen LogP) is 2.06. The fourth-order valence-corrected chi connectivity index (χ4v) is 6.83. The lowest BCUT2D eigenvalue weighted by Crippen LogP contribution is -2.44. The highest BCUT2D eigenvalue weighted by Crippen LogP contribution is 2.32. The maximum atomic E-state index is 13.3. The molecular weight excluding hydrogens is 492 g/mol. The molecule has 0 saturated carbocycles. The number of carbonyl (C=O) groups excluding carboxylic acids is 1. The Hall–Kier alpha value is -3.18. The summed E-state index contributed by atoms with van der Waals surface area (Å²) in [5.41, 5.74) is 3.96. The minimum atomic E-state index is -3.69. The van der Waals surface area contributed by atoms with Gasteiger partial charge in [-0.05, 0) is 54.1 Å². The lowest BCUT2D eigenvalue weighted by molar-refractivity contribution is -0.139. The zero-order valence-electron chi connectivity index (χ0n) is 20.7. The molecule has 3 aliphatic heterocycles. The van der Waals surface area contributed by atoms with E-state index < -0.39 is 16.1 Å². The van der Waals surface area contributed by atoms with Gasteiger partial charge in [0.1, 0.15) is 5.58 Å². The average Bonchev–Trinajstić information content (AvgIpc) is 3.63. The second-order valence-electron chi connectivity index (χ2n) is 10.1. The van der Waals surface area contributed by atoms with Gasteiger partial charge in [0, 0.05) is 69.5 Å². The third kappa shape index (κ3) is 4.44. The molecule has 0 aliphatic carbocycles. The maximum absolute atomic E-state index is 13.3. The van der Waals surface area contributed by atoms with Gasteiger partial charge in [-0.15, -0.1) is 0 Å². The van der Waals surface area contributed by atoms with Gasteiger partial charge in [-0.2, -0.15) is 4.31 Å². The number of sulfonamides is 1. The number of carbonyl (C=O) groups is 1. The molecule has 0 bridgehead atoms. The summed E-state index contributed by atoms with van der Waals surface area (Å²) in [4.78, 5) is 19.6. The molecular formula is C27H30N4O5S. The Kier molecular flexibility index (Phi) is 6.07. The SMILES string of the molecule is CN1CCN(c2cccc([C@H](O)C(=O)N3CC4=C(C3)CN(S(=O)(=O)c3ccc5ccoc5c3)C4)c2)CC1. The monoisotopic (exact) mass is 522 g/mol. The molecule has 37 heavy (non-hydrogen) atoms. The van der Waals surface area contributed by atoms with Gasteiger partial charge < -0.3 is 24.2 Å². The van der Waals surface area contributed by atoms with E-state index in [1.54, 1.807) is 35.2 Å². The van der Waals surface area contributed by atoms with Crippen molar-refractivity contribution in [3.63, 3.8) is 0 Å². The van der Waals surface area contributed by atoms with Crippen molar-refractivity contribution in [3.8, 4) is 0 Å². The number of fused-ring (bicyclic) bond motifs is 1. The Morgan fingerprint density at radius 3 is 2.41 bits per heavy atom. The van der Waals surface area contributed by atoms with Crippen LogP contribution in [0.15, 0.2) is 75.3 Å². The van der Waals surface area contributed by atoms with E-state index in [1.165, 1.54) is 10.6 Å². The molecule has 6 rings (SSSR count). The van der Waals surface area contributed by atoms with Crippen molar-refractivity contribution in [2.45, 2.75) is 11.0 Å². The molecule has 1 N–H and O–H groups in total. The first-order valence-corrected chi connectivity index (χ1v) is 13.9. The number of aliphatic hydroxyl groups is 1. The summed E-state index contributed by atoms with van der Waals surface area (Å²) in [5.74, 6) is -0.359. The highest BCUT2D eigenvalue weighted by atomic mass is 32.2. The fourth-order valence-electron chi connectivity index (χ4n) is 5.39. The molecule has 1 saturated heterocycles. The maximum Gasteiger partial charge on any atom is 0.256 e. The van der Waals surface area contributed by atoms with E-state index in [1.807, 2.05) is 18.2 Å². The van der Waals surface area contributed by atoms with Crippen LogP contribution in [0.5, 0.6) is 0 Å². The molecule has 194 valence electrons. The number of hydrogen-bond donors (Lipinski definition) is 1. The van der Waals surface area contributed by atoms with Gasteiger partial charge in [-0.25, -0.2) is 8.42 Å². The summed E-state index contributed by atoms with van der Waals surface area (Å²) < 4.78 is 33.3. The van der Waals surface area contributed by atoms with Gasteiger partial charge in [-0.3, -0.25) is 4.79 Å². The quantitative estimate of drug-likeness (QED) is 0.513. The van der Waals surface area contributed by atoms with Gasteiger partial charge in [-0.1, -0.05) is 12.1 Å². The van der Waals surface area contributed by atoms with E-state index in [-0.39, 0.29) is 23.9 Å². The topological polar surface area (TPSA) is 97.5 Å². The van der Waals surface area contributed by atoms with Gasteiger partial charge in [0.15, 0.2) is 6.10 Å². The van der Waals surface area contributed by atoms with Crippen LogP contribution in [0, 0.1) is 0 Å². The Morgan fingerprint density at radius 2 is 1.68 bits per heavy atom. The molecule has 2 aromatic carbocycles. The molecule has 4 heterocycles. The Labute approximate surface area is 216 Å². The number of benzene rings is 2. The summed E-state index contributed by atoms with van der Waals surface area (Å²) in [6.07, 6.45) is 0.280. The number of piperazine rings is 1. The lowest BCUT2D eigenvalue weighted by atomic mass is 10.1. The molecule has 0 radical (unpaired) electrons. The van der Waals surface area contributed by atoms with Crippen molar-refractivity contribution in [3.05, 3.63) is 71.5 Å². The highest BCUT2D eigenvalue weighted by molar-refractivity contribution is 7.89. The normalized spacial score (nSPS) is 20.2. The van der Waals surface area contributed by atoms with Crippen molar-refractivity contribution in [1.82, 2.24) is 14.1 Å². The average molecular weight is 523 g/mol. The zero-order valence-corrected chi connectivity index (χ0v) is 21.5. The number of amides is 1. The van der Waals surface area contributed by atoms with Crippen molar-refractivity contribution >= 4 is 32.6 Å². The van der Waals surface area contributed by atoms with Crippen LogP contribution in [0.4, 0.5) is 5.69 Å². The molecule has 10 heteroatoms.